The molecule has 0 aliphatic heterocycles. The molecule has 0 saturated heterocycles. The molecule has 0 saturated carbocycles. The third-order valence-electron chi connectivity index (χ3n) is 3.05. The first-order valence-electron chi connectivity index (χ1n) is 6.68. The highest BCUT2D eigenvalue weighted by Gasteiger charge is 2.17. The first kappa shape index (κ1) is 16.2. The van der Waals surface area contributed by atoms with E-state index in [0.717, 1.165) is 11.3 Å². The normalized spacial score (nSPS) is 11.6. The first-order valence-corrected chi connectivity index (χ1v) is 6.68. The predicted molar refractivity (Wildman–Crippen MR) is 80.5 cm³/mol. The highest BCUT2D eigenvalue weighted by Crippen LogP contribution is 2.18. The number of nitrogens with one attached hydrogen (secondary N) is 1. The number of ether oxygens (including phenoxy) is 1. The third-order valence-corrected chi connectivity index (χ3v) is 3.05. The number of carbonyl (C=O) groups is 1. The van der Waals surface area contributed by atoms with Gasteiger partial charge in [0.05, 0.1) is 7.11 Å². The fraction of sp³-hybridized carbons (Fsp3) is 0.438. The van der Waals surface area contributed by atoms with Gasteiger partial charge in [0, 0.05) is 19.2 Å². The molecule has 0 radical (unpaired) electrons. The molecule has 110 valence electrons. The van der Waals surface area contributed by atoms with Crippen LogP contribution in [0, 0.1) is 5.41 Å². The Morgan fingerprint density at radius 3 is 2.85 bits per heavy atom. The Bertz CT molecular complexity index is 467. The molecule has 0 fully saturated rings. The van der Waals surface area contributed by atoms with Crippen molar-refractivity contribution in [1.29, 1.82) is 0 Å². The number of amides is 1. The topological polar surface area (TPSA) is 58.6 Å². The van der Waals surface area contributed by atoms with E-state index in [9.17, 15) is 4.79 Å². The van der Waals surface area contributed by atoms with Gasteiger partial charge in [0.1, 0.15) is 5.75 Å². The summed E-state index contributed by atoms with van der Waals surface area (Å²) in [6, 6.07) is 7.50. The highest BCUT2D eigenvalue weighted by molar-refractivity contribution is 5.91. The SMILES string of the molecule is COc1cccc(/C=C/C(=O)NCC(C)(C)CCO)c1. The molecule has 0 bridgehead atoms. The van der Waals surface area contributed by atoms with Gasteiger partial charge in [-0.2, -0.15) is 0 Å². The Labute approximate surface area is 120 Å². The van der Waals surface area contributed by atoms with Gasteiger partial charge in [-0.25, -0.2) is 0 Å². The maximum atomic E-state index is 11.7. The van der Waals surface area contributed by atoms with E-state index in [-0.39, 0.29) is 17.9 Å². The number of hydrogen-bond donors (Lipinski definition) is 2. The molecule has 0 heterocycles. The van der Waals surface area contributed by atoms with Crippen LogP contribution in [0.15, 0.2) is 30.3 Å². The smallest absolute Gasteiger partial charge is 0.244 e. The zero-order valence-corrected chi connectivity index (χ0v) is 12.3. The van der Waals surface area contributed by atoms with Crippen molar-refractivity contribution in [2.75, 3.05) is 20.3 Å². The lowest BCUT2D eigenvalue weighted by molar-refractivity contribution is -0.116. The van der Waals surface area contributed by atoms with Crippen molar-refractivity contribution in [3.05, 3.63) is 35.9 Å². The van der Waals surface area contributed by atoms with Crippen LogP contribution in [0.1, 0.15) is 25.8 Å². The van der Waals surface area contributed by atoms with E-state index in [4.69, 9.17) is 9.84 Å². The van der Waals surface area contributed by atoms with Crippen LogP contribution in [0.25, 0.3) is 6.08 Å². The number of aliphatic hydroxyl groups excluding tert-OH is 1. The third kappa shape index (κ3) is 5.89. The summed E-state index contributed by atoms with van der Waals surface area (Å²) >= 11 is 0. The van der Waals surface area contributed by atoms with Crippen LogP contribution < -0.4 is 10.1 Å². The molecule has 1 aromatic rings. The Hall–Kier alpha value is -1.81. The van der Waals surface area contributed by atoms with Crippen molar-refractivity contribution in [2.45, 2.75) is 20.3 Å². The zero-order chi connectivity index (χ0) is 15.0. The molecule has 1 amide bonds. The number of benzene rings is 1. The number of methoxy groups -OCH3 is 1. The van der Waals surface area contributed by atoms with Crippen molar-refractivity contribution < 1.29 is 14.6 Å². The quantitative estimate of drug-likeness (QED) is 0.751. The lowest BCUT2D eigenvalue weighted by atomic mass is 9.90. The van der Waals surface area contributed by atoms with E-state index in [0.29, 0.717) is 13.0 Å². The number of carbonyl (C=O) groups excluding carboxylic acids is 1. The summed E-state index contributed by atoms with van der Waals surface area (Å²) in [5, 5.41) is 11.8. The minimum atomic E-state index is -0.140. The van der Waals surface area contributed by atoms with E-state index in [1.807, 2.05) is 38.1 Å². The van der Waals surface area contributed by atoms with E-state index >= 15 is 0 Å². The van der Waals surface area contributed by atoms with Gasteiger partial charge in [0.15, 0.2) is 0 Å². The summed E-state index contributed by atoms with van der Waals surface area (Å²) in [5.74, 6) is 0.621. The fourth-order valence-electron chi connectivity index (χ4n) is 1.69. The van der Waals surface area contributed by atoms with Crippen molar-refractivity contribution in [3.63, 3.8) is 0 Å². The van der Waals surface area contributed by atoms with Gasteiger partial charge in [-0.05, 0) is 35.6 Å². The first-order chi connectivity index (χ1) is 9.46. The minimum absolute atomic E-state index is 0.103. The van der Waals surface area contributed by atoms with Gasteiger partial charge in [-0.1, -0.05) is 26.0 Å². The van der Waals surface area contributed by atoms with E-state index < -0.39 is 0 Å². The Balaban J connectivity index is 2.51. The van der Waals surface area contributed by atoms with E-state index in [2.05, 4.69) is 5.32 Å². The molecule has 1 rings (SSSR count). The molecule has 0 unspecified atom stereocenters. The van der Waals surface area contributed by atoms with Crippen molar-refractivity contribution in [2.24, 2.45) is 5.41 Å². The average Bonchev–Trinajstić information content (AvgIpc) is 2.43. The van der Waals surface area contributed by atoms with Gasteiger partial charge < -0.3 is 15.2 Å². The Kier molecular flexibility index (Phi) is 6.25. The maximum Gasteiger partial charge on any atom is 0.244 e. The van der Waals surface area contributed by atoms with Gasteiger partial charge in [0.25, 0.3) is 0 Å². The second-order valence-electron chi connectivity index (χ2n) is 5.47. The van der Waals surface area contributed by atoms with Gasteiger partial charge >= 0.3 is 0 Å². The monoisotopic (exact) mass is 277 g/mol. The molecular weight excluding hydrogens is 254 g/mol. The van der Waals surface area contributed by atoms with Gasteiger partial charge in [0.2, 0.25) is 5.91 Å². The second kappa shape index (κ2) is 7.70. The molecule has 4 heteroatoms. The number of aliphatic hydroxyl groups is 1. The number of rotatable bonds is 7. The fourth-order valence-corrected chi connectivity index (χ4v) is 1.69. The summed E-state index contributed by atoms with van der Waals surface area (Å²) in [5.41, 5.74) is 0.808. The average molecular weight is 277 g/mol. The van der Waals surface area contributed by atoms with Crippen molar-refractivity contribution in [1.82, 2.24) is 5.32 Å². The van der Waals surface area contributed by atoms with Crippen LogP contribution in [0.3, 0.4) is 0 Å². The standard InChI is InChI=1S/C16H23NO3/c1-16(2,9-10-18)12-17-15(19)8-7-13-5-4-6-14(11-13)20-3/h4-8,11,18H,9-10,12H2,1-3H3,(H,17,19)/b8-7+. The molecule has 4 nitrogen and oxygen atoms in total. The van der Waals surface area contributed by atoms with Crippen molar-refractivity contribution >= 4 is 12.0 Å². The van der Waals surface area contributed by atoms with Gasteiger partial charge in [-0.15, -0.1) is 0 Å². The summed E-state index contributed by atoms with van der Waals surface area (Å²) in [4.78, 5) is 11.7. The molecule has 1 aromatic carbocycles. The highest BCUT2D eigenvalue weighted by atomic mass is 16.5. The van der Waals surface area contributed by atoms with Crippen molar-refractivity contribution in [3.8, 4) is 5.75 Å². The molecule has 0 aromatic heterocycles. The maximum absolute atomic E-state index is 11.7. The van der Waals surface area contributed by atoms with Crippen LogP contribution in [-0.4, -0.2) is 31.3 Å². The minimum Gasteiger partial charge on any atom is -0.497 e. The van der Waals surface area contributed by atoms with E-state index in [1.165, 1.54) is 6.08 Å². The molecule has 0 spiro atoms. The molecule has 0 aliphatic carbocycles. The number of hydrogen-bond acceptors (Lipinski definition) is 3. The molecule has 0 aliphatic rings. The van der Waals surface area contributed by atoms with Crippen LogP contribution in [-0.2, 0) is 4.79 Å². The Morgan fingerprint density at radius 2 is 2.20 bits per heavy atom. The summed E-state index contributed by atoms with van der Waals surface area (Å²) in [7, 11) is 1.61. The molecule has 20 heavy (non-hydrogen) atoms. The zero-order valence-electron chi connectivity index (χ0n) is 12.3. The van der Waals surface area contributed by atoms with Crippen LogP contribution in [0.2, 0.25) is 0 Å². The summed E-state index contributed by atoms with van der Waals surface area (Å²) in [6.07, 6.45) is 3.91. The lowest BCUT2D eigenvalue weighted by Gasteiger charge is -2.23. The predicted octanol–water partition coefficient (Wildman–Crippen LogP) is 2.23. The van der Waals surface area contributed by atoms with Gasteiger partial charge in [-0.3, -0.25) is 4.79 Å². The van der Waals surface area contributed by atoms with E-state index in [1.54, 1.807) is 13.2 Å². The van der Waals surface area contributed by atoms with Crippen LogP contribution in [0.4, 0.5) is 0 Å². The lowest BCUT2D eigenvalue weighted by Crippen LogP contribution is -2.33. The molecular formula is C16H23NO3. The molecule has 0 atom stereocenters. The van der Waals surface area contributed by atoms with Crippen LogP contribution in [0.5, 0.6) is 5.75 Å². The van der Waals surface area contributed by atoms with Crippen LogP contribution >= 0.6 is 0 Å². The summed E-state index contributed by atoms with van der Waals surface area (Å²) in [6.45, 7) is 4.68. The molecule has 2 N–H and O–H groups in total. The summed E-state index contributed by atoms with van der Waals surface area (Å²) < 4.78 is 5.12. The Morgan fingerprint density at radius 1 is 1.45 bits per heavy atom. The largest absolute Gasteiger partial charge is 0.497 e. The second-order valence-corrected chi connectivity index (χ2v) is 5.47.